The Balaban J connectivity index is 1.75. The number of nitrogens with one attached hydrogen (secondary N) is 2. The minimum absolute atomic E-state index is 0.207. The van der Waals surface area contributed by atoms with Gasteiger partial charge in [-0.3, -0.25) is 9.78 Å². The number of carbonyl (C=O) groups excluding carboxylic acids is 1. The molecule has 0 fully saturated rings. The van der Waals surface area contributed by atoms with Crippen LogP contribution in [0.3, 0.4) is 0 Å². The first-order valence-electron chi connectivity index (χ1n) is 8.59. The number of pyridine rings is 1. The van der Waals surface area contributed by atoms with Crippen molar-refractivity contribution < 1.29 is 4.79 Å². The average Bonchev–Trinajstić information content (AvgIpc) is 3.11. The second-order valence-corrected chi connectivity index (χ2v) is 6.57. The van der Waals surface area contributed by atoms with Gasteiger partial charge in [-0.2, -0.15) is 4.68 Å². The molecule has 1 aliphatic heterocycles. The molecule has 4 rings (SSSR count). The first-order chi connectivity index (χ1) is 13.0. The van der Waals surface area contributed by atoms with Crippen molar-refractivity contribution in [2.45, 2.75) is 26.8 Å². The second kappa shape index (κ2) is 6.64. The van der Waals surface area contributed by atoms with Gasteiger partial charge in [0.1, 0.15) is 6.04 Å². The van der Waals surface area contributed by atoms with Crippen molar-refractivity contribution in [3.63, 3.8) is 0 Å². The number of tetrazole rings is 1. The van der Waals surface area contributed by atoms with E-state index in [1.165, 1.54) is 0 Å². The molecule has 2 aromatic heterocycles. The minimum atomic E-state index is -0.462. The molecule has 0 saturated heterocycles. The molecule has 0 aliphatic carbocycles. The predicted molar refractivity (Wildman–Crippen MR) is 101 cm³/mol. The van der Waals surface area contributed by atoms with Crippen LogP contribution in [-0.4, -0.2) is 31.1 Å². The van der Waals surface area contributed by atoms with Gasteiger partial charge in [0, 0.05) is 23.8 Å². The van der Waals surface area contributed by atoms with Crippen LogP contribution >= 0.6 is 0 Å². The Morgan fingerprint density at radius 3 is 2.81 bits per heavy atom. The number of hydrogen-bond donors (Lipinski definition) is 2. The summed E-state index contributed by atoms with van der Waals surface area (Å²) in [7, 11) is 0. The molecule has 3 heterocycles. The number of anilines is 2. The van der Waals surface area contributed by atoms with E-state index in [-0.39, 0.29) is 5.91 Å². The van der Waals surface area contributed by atoms with Gasteiger partial charge in [-0.05, 0) is 54.5 Å². The molecule has 1 atom stereocenters. The van der Waals surface area contributed by atoms with Crippen LogP contribution in [0.15, 0.2) is 54.0 Å². The van der Waals surface area contributed by atoms with Crippen LogP contribution in [0, 0.1) is 13.8 Å². The molecule has 8 heteroatoms. The Bertz CT molecular complexity index is 1040. The van der Waals surface area contributed by atoms with E-state index < -0.39 is 6.04 Å². The van der Waals surface area contributed by atoms with Crippen molar-refractivity contribution in [3.8, 4) is 0 Å². The van der Waals surface area contributed by atoms with E-state index in [2.05, 4.69) is 31.1 Å². The maximum Gasteiger partial charge on any atom is 0.255 e. The zero-order valence-electron chi connectivity index (χ0n) is 15.3. The van der Waals surface area contributed by atoms with Crippen molar-refractivity contribution in [1.29, 1.82) is 0 Å². The number of amides is 1. The summed E-state index contributed by atoms with van der Waals surface area (Å²) in [5.74, 6) is 0.284. The topological polar surface area (TPSA) is 97.6 Å². The summed E-state index contributed by atoms with van der Waals surface area (Å²) < 4.78 is 1.60. The molecule has 2 N–H and O–H groups in total. The molecular weight excluding hydrogens is 342 g/mol. The van der Waals surface area contributed by atoms with E-state index in [1.807, 2.05) is 51.1 Å². The summed E-state index contributed by atoms with van der Waals surface area (Å²) >= 11 is 0. The highest BCUT2D eigenvalue weighted by atomic mass is 16.1. The summed E-state index contributed by atoms with van der Waals surface area (Å²) in [6, 6.07) is 9.20. The Kier molecular flexibility index (Phi) is 4.15. The highest BCUT2D eigenvalue weighted by molar-refractivity contribution is 6.06. The molecule has 3 aromatic rings. The van der Waals surface area contributed by atoms with Crippen LogP contribution in [0.5, 0.6) is 0 Å². The Hall–Kier alpha value is -3.55. The van der Waals surface area contributed by atoms with E-state index in [0.29, 0.717) is 17.2 Å². The predicted octanol–water partition coefficient (Wildman–Crippen LogP) is 2.61. The monoisotopic (exact) mass is 361 g/mol. The number of hydrogen-bond acceptors (Lipinski definition) is 6. The van der Waals surface area contributed by atoms with Gasteiger partial charge in [-0.1, -0.05) is 28.9 Å². The molecule has 0 unspecified atom stereocenters. The molecule has 1 amide bonds. The molecule has 1 aliphatic rings. The quantitative estimate of drug-likeness (QED) is 0.744. The van der Waals surface area contributed by atoms with Crippen LogP contribution in [0.2, 0.25) is 0 Å². The fourth-order valence-corrected chi connectivity index (χ4v) is 3.30. The number of aryl methyl sites for hydroxylation is 2. The van der Waals surface area contributed by atoms with E-state index >= 15 is 0 Å². The van der Waals surface area contributed by atoms with Crippen LogP contribution in [-0.2, 0) is 4.79 Å². The van der Waals surface area contributed by atoms with Crippen molar-refractivity contribution in [3.05, 3.63) is 70.7 Å². The van der Waals surface area contributed by atoms with Crippen LogP contribution < -0.4 is 10.6 Å². The zero-order chi connectivity index (χ0) is 19.0. The normalized spacial score (nSPS) is 15.9. The third kappa shape index (κ3) is 3.05. The smallest absolute Gasteiger partial charge is 0.255 e. The Morgan fingerprint density at radius 1 is 1.22 bits per heavy atom. The number of allylic oxidation sites excluding steroid dienone is 1. The van der Waals surface area contributed by atoms with Gasteiger partial charge in [0.15, 0.2) is 0 Å². The maximum atomic E-state index is 13.2. The van der Waals surface area contributed by atoms with Crippen LogP contribution in [0.25, 0.3) is 0 Å². The molecule has 8 nitrogen and oxygen atoms in total. The first kappa shape index (κ1) is 16.9. The largest absolute Gasteiger partial charge is 0.326 e. The summed E-state index contributed by atoms with van der Waals surface area (Å²) in [6.07, 6.45) is 3.41. The van der Waals surface area contributed by atoms with Crippen LogP contribution in [0.4, 0.5) is 11.6 Å². The lowest BCUT2D eigenvalue weighted by Gasteiger charge is -2.27. The maximum absolute atomic E-state index is 13.2. The Labute approximate surface area is 156 Å². The van der Waals surface area contributed by atoms with Crippen LogP contribution in [0.1, 0.15) is 29.7 Å². The lowest BCUT2D eigenvalue weighted by Crippen LogP contribution is -2.31. The van der Waals surface area contributed by atoms with Gasteiger partial charge in [-0.15, -0.1) is 0 Å². The number of rotatable bonds is 3. The highest BCUT2D eigenvalue weighted by Gasteiger charge is 2.34. The average molecular weight is 361 g/mol. The summed E-state index contributed by atoms with van der Waals surface area (Å²) in [5.41, 5.74) is 5.01. The van der Waals surface area contributed by atoms with Gasteiger partial charge >= 0.3 is 0 Å². The van der Waals surface area contributed by atoms with Gasteiger partial charge < -0.3 is 10.6 Å². The number of nitrogens with zero attached hydrogens (tertiary/aromatic N) is 5. The van der Waals surface area contributed by atoms with E-state index in [0.717, 1.165) is 22.4 Å². The number of benzene rings is 1. The van der Waals surface area contributed by atoms with E-state index in [9.17, 15) is 4.79 Å². The van der Waals surface area contributed by atoms with E-state index in [4.69, 9.17) is 0 Å². The summed E-state index contributed by atoms with van der Waals surface area (Å²) in [4.78, 5) is 17.4. The molecular formula is C19H19N7O. The van der Waals surface area contributed by atoms with Crippen molar-refractivity contribution >= 4 is 17.5 Å². The van der Waals surface area contributed by atoms with Gasteiger partial charge in [0.25, 0.3) is 5.91 Å². The third-order valence-corrected chi connectivity index (χ3v) is 4.59. The lowest BCUT2D eigenvalue weighted by molar-refractivity contribution is -0.113. The van der Waals surface area contributed by atoms with Gasteiger partial charge in [0.05, 0.1) is 5.57 Å². The van der Waals surface area contributed by atoms with Crippen molar-refractivity contribution in [2.75, 3.05) is 10.6 Å². The number of aromatic nitrogens is 5. The molecule has 27 heavy (non-hydrogen) atoms. The summed E-state index contributed by atoms with van der Waals surface area (Å²) in [6.45, 7) is 5.84. The van der Waals surface area contributed by atoms with Crippen molar-refractivity contribution in [1.82, 2.24) is 25.2 Å². The lowest BCUT2D eigenvalue weighted by atomic mass is 9.96. The number of fused-ring (bicyclic) bond motifs is 1. The van der Waals surface area contributed by atoms with Gasteiger partial charge in [0.2, 0.25) is 5.95 Å². The Morgan fingerprint density at radius 2 is 2.07 bits per heavy atom. The summed E-state index contributed by atoms with van der Waals surface area (Å²) in [5, 5.41) is 17.9. The molecule has 0 saturated carbocycles. The zero-order valence-corrected chi connectivity index (χ0v) is 15.3. The fraction of sp³-hybridized carbons (Fsp3) is 0.211. The SMILES string of the molecule is CC1=C(C(=O)Nc2ccc(C)cc2C)[C@@H](c2cccnc2)n2nnnc2N1. The molecule has 0 spiro atoms. The highest BCUT2D eigenvalue weighted by Crippen LogP contribution is 2.34. The molecule has 0 radical (unpaired) electrons. The number of carbonyl (C=O) groups is 1. The molecule has 0 bridgehead atoms. The third-order valence-electron chi connectivity index (χ3n) is 4.59. The fourth-order valence-electron chi connectivity index (χ4n) is 3.30. The standard InChI is InChI=1S/C19H19N7O/c1-11-6-7-15(12(2)9-11)22-18(27)16-13(3)21-19-23-24-25-26(19)17(16)14-5-4-8-20-10-14/h4-10,17H,1-3H3,(H,22,27)(H,21,23,25)/t17-/m1/s1. The second-order valence-electron chi connectivity index (χ2n) is 6.57. The van der Waals surface area contributed by atoms with Crippen molar-refractivity contribution in [2.24, 2.45) is 0 Å². The van der Waals surface area contributed by atoms with Gasteiger partial charge in [-0.25, -0.2) is 0 Å². The minimum Gasteiger partial charge on any atom is -0.326 e. The van der Waals surface area contributed by atoms with E-state index in [1.54, 1.807) is 17.1 Å². The molecule has 136 valence electrons. The first-order valence-corrected chi connectivity index (χ1v) is 8.59. The molecule has 1 aromatic carbocycles.